The van der Waals surface area contributed by atoms with Crippen LogP contribution in [-0.4, -0.2) is 18.4 Å². The van der Waals surface area contributed by atoms with Crippen molar-refractivity contribution in [3.05, 3.63) is 35.6 Å². The summed E-state index contributed by atoms with van der Waals surface area (Å²) < 4.78 is 0. The molecule has 0 saturated carbocycles. The minimum atomic E-state index is 0.0649. The van der Waals surface area contributed by atoms with Crippen molar-refractivity contribution < 1.29 is 5.11 Å². The van der Waals surface area contributed by atoms with Gasteiger partial charge < -0.3 is 5.11 Å². The smallest absolute Gasteiger partial charge is 0.0654 e. The number of aliphatic imine (C=N–C) groups is 1. The van der Waals surface area contributed by atoms with Crippen molar-refractivity contribution in [2.45, 2.75) is 20.3 Å². The largest absolute Gasteiger partial charge is 0.392 e. The molecule has 0 aromatic rings. The normalized spacial score (nSPS) is 21.7. The number of aliphatic hydroxyl groups is 1. The second-order valence-corrected chi connectivity index (χ2v) is 4.10. The van der Waals surface area contributed by atoms with Crippen molar-refractivity contribution in [2.75, 3.05) is 6.61 Å². The lowest BCUT2D eigenvalue weighted by Crippen LogP contribution is -2.09. The van der Waals surface area contributed by atoms with E-state index < -0.39 is 0 Å². The Hall–Kier alpha value is -1.15. The fourth-order valence-corrected chi connectivity index (χ4v) is 1.68. The lowest BCUT2D eigenvalue weighted by atomic mass is 9.86. The lowest BCUT2D eigenvalue weighted by Gasteiger charge is -2.21. The molecule has 0 saturated heterocycles. The van der Waals surface area contributed by atoms with Gasteiger partial charge in [0.15, 0.2) is 0 Å². The van der Waals surface area contributed by atoms with Crippen LogP contribution in [0, 0.1) is 11.8 Å². The number of hydrogen-bond donors (Lipinski definition) is 1. The molecule has 0 bridgehead atoms. The molecule has 2 heteroatoms. The average Bonchev–Trinajstić information content (AvgIpc) is 2.25. The van der Waals surface area contributed by atoms with Gasteiger partial charge in [0.25, 0.3) is 0 Å². The molecule has 1 unspecified atom stereocenters. The first-order valence-electron chi connectivity index (χ1n) is 5.35. The van der Waals surface area contributed by atoms with Crippen molar-refractivity contribution in [3.63, 3.8) is 0 Å². The van der Waals surface area contributed by atoms with Crippen LogP contribution in [0.5, 0.6) is 0 Å². The molecule has 0 radical (unpaired) electrons. The van der Waals surface area contributed by atoms with Gasteiger partial charge in [0, 0.05) is 0 Å². The molecule has 0 heterocycles. The van der Waals surface area contributed by atoms with Gasteiger partial charge in [0.2, 0.25) is 0 Å². The highest BCUT2D eigenvalue weighted by atomic mass is 16.2. The van der Waals surface area contributed by atoms with E-state index in [9.17, 15) is 0 Å². The number of aliphatic hydroxyl groups excluding tert-OH is 1. The molecule has 82 valence electrons. The molecule has 0 spiro atoms. The van der Waals surface area contributed by atoms with Gasteiger partial charge in [-0.3, -0.25) is 4.99 Å². The van der Waals surface area contributed by atoms with Crippen LogP contribution in [-0.2, 0) is 0 Å². The first-order valence-corrected chi connectivity index (χ1v) is 5.35. The Labute approximate surface area is 91.7 Å². The molecule has 1 rings (SSSR count). The Morgan fingerprint density at radius 3 is 2.93 bits per heavy atom. The van der Waals surface area contributed by atoms with E-state index in [0.717, 1.165) is 17.7 Å². The van der Waals surface area contributed by atoms with Gasteiger partial charge in [-0.15, -0.1) is 0 Å². The Balaban J connectivity index is 2.82. The minimum absolute atomic E-state index is 0.0649. The van der Waals surface area contributed by atoms with Gasteiger partial charge >= 0.3 is 0 Å². The zero-order chi connectivity index (χ0) is 11.3. The molecule has 0 aromatic carbocycles. The first-order chi connectivity index (χ1) is 7.19. The number of allylic oxidation sites excluding steroid dienone is 3. The molecule has 1 atom stereocenters. The predicted octanol–water partition coefficient (Wildman–Crippen LogP) is 2.72. The van der Waals surface area contributed by atoms with E-state index in [4.69, 9.17) is 5.11 Å². The van der Waals surface area contributed by atoms with Crippen molar-refractivity contribution in [2.24, 2.45) is 16.8 Å². The second kappa shape index (κ2) is 5.66. The van der Waals surface area contributed by atoms with Crippen LogP contribution >= 0.6 is 0 Å². The van der Waals surface area contributed by atoms with E-state index >= 15 is 0 Å². The molecule has 2 nitrogen and oxygen atoms in total. The van der Waals surface area contributed by atoms with E-state index in [1.165, 1.54) is 0 Å². The third-order valence-corrected chi connectivity index (χ3v) is 2.71. The molecule has 0 aromatic heterocycles. The summed E-state index contributed by atoms with van der Waals surface area (Å²) in [5.41, 5.74) is 2.00. The fourth-order valence-electron chi connectivity index (χ4n) is 1.68. The summed E-state index contributed by atoms with van der Waals surface area (Å²) in [4.78, 5) is 4.02. The number of nitrogens with zero attached hydrogens (tertiary/aromatic N) is 1. The molecule has 0 aliphatic heterocycles. The maximum Gasteiger partial charge on any atom is 0.0654 e. The van der Waals surface area contributed by atoms with Crippen LogP contribution in [0.3, 0.4) is 0 Å². The summed E-state index contributed by atoms with van der Waals surface area (Å²) in [5, 5.41) is 8.72. The standard InChI is InChI=1S/C13H19NO/c1-10(2)12-7-6-11(5-4-8-15)13(9-12)14-3/h4-6,9-10,12,15H,3,7-8H2,1-2H3/b5-4+. The van der Waals surface area contributed by atoms with E-state index in [2.05, 4.69) is 37.7 Å². The first kappa shape index (κ1) is 11.9. The summed E-state index contributed by atoms with van der Waals surface area (Å²) >= 11 is 0. The molecule has 1 aliphatic rings. The van der Waals surface area contributed by atoms with Gasteiger partial charge in [0.1, 0.15) is 0 Å². The average molecular weight is 205 g/mol. The molecular formula is C13H19NO. The molecule has 15 heavy (non-hydrogen) atoms. The maximum atomic E-state index is 8.72. The molecule has 1 aliphatic carbocycles. The van der Waals surface area contributed by atoms with Crippen LogP contribution in [0.2, 0.25) is 0 Å². The maximum absolute atomic E-state index is 8.72. The van der Waals surface area contributed by atoms with Crippen molar-refractivity contribution in [1.29, 1.82) is 0 Å². The lowest BCUT2D eigenvalue weighted by molar-refractivity contribution is 0.342. The van der Waals surface area contributed by atoms with E-state index in [1.54, 1.807) is 6.08 Å². The van der Waals surface area contributed by atoms with Crippen LogP contribution in [0.1, 0.15) is 20.3 Å². The highest BCUT2D eigenvalue weighted by Crippen LogP contribution is 2.28. The summed E-state index contributed by atoms with van der Waals surface area (Å²) in [6, 6.07) is 0. The summed E-state index contributed by atoms with van der Waals surface area (Å²) in [6.45, 7) is 8.07. The third kappa shape index (κ3) is 3.17. The minimum Gasteiger partial charge on any atom is -0.392 e. The van der Waals surface area contributed by atoms with Gasteiger partial charge in [0.05, 0.1) is 12.3 Å². The van der Waals surface area contributed by atoms with E-state index in [1.807, 2.05) is 6.08 Å². The Morgan fingerprint density at radius 2 is 2.40 bits per heavy atom. The van der Waals surface area contributed by atoms with Gasteiger partial charge in [-0.25, -0.2) is 0 Å². The Kier molecular flexibility index (Phi) is 4.50. The second-order valence-electron chi connectivity index (χ2n) is 4.10. The number of rotatable bonds is 4. The topological polar surface area (TPSA) is 32.6 Å². The molecule has 0 amide bonds. The van der Waals surface area contributed by atoms with Gasteiger partial charge in [-0.1, -0.05) is 38.2 Å². The quantitative estimate of drug-likeness (QED) is 0.703. The zero-order valence-corrected chi connectivity index (χ0v) is 9.48. The molecule has 0 fully saturated rings. The van der Waals surface area contributed by atoms with E-state index in [0.29, 0.717) is 11.8 Å². The van der Waals surface area contributed by atoms with Gasteiger partial charge in [-0.05, 0) is 30.5 Å². The number of hydrogen-bond acceptors (Lipinski definition) is 2. The van der Waals surface area contributed by atoms with Gasteiger partial charge in [-0.2, -0.15) is 0 Å². The fraction of sp³-hybridized carbons (Fsp3) is 0.462. The van der Waals surface area contributed by atoms with Crippen molar-refractivity contribution >= 4 is 6.72 Å². The van der Waals surface area contributed by atoms with Crippen molar-refractivity contribution in [3.8, 4) is 0 Å². The predicted molar refractivity (Wildman–Crippen MR) is 64.9 cm³/mol. The molecular weight excluding hydrogens is 186 g/mol. The Morgan fingerprint density at radius 1 is 1.67 bits per heavy atom. The van der Waals surface area contributed by atoms with Crippen LogP contribution in [0.15, 0.2) is 40.6 Å². The molecule has 1 N–H and O–H groups in total. The summed E-state index contributed by atoms with van der Waals surface area (Å²) in [7, 11) is 0. The van der Waals surface area contributed by atoms with Crippen LogP contribution < -0.4 is 0 Å². The van der Waals surface area contributed by atoms with E-state index in [-0.39, 0.29) is 6.61 Å². The van der Waals surface area contributed by atoms with Crippen molar-refractivity contribution in [1.82, 2.24) is 0 Å². The zero-order valence-electron chi connectivity index (χ0n) is 9.48. The SMILES string of the molecule is C=NC1=CC(C(C)C)CC=C1/C=C/CO. The monoisotopic (exact) mass is 205 g/mol. The summed E-state index contributed by atoms with van der Waals surface area (Å²) in [5.74, 6) is 1.18. The third-order valence-electron chi connectivity index (χ3n) is 2.71. The van der Waals surface area contributed by atoms with Crippen LogP contribution in [0.25, 0.3) is 0 Å². The highest BCUT2D eigenvalue weighted by molar-refractivity contribution is 5.46. The Bertz CT molecular complexity index is 310. The highest BCUT2D eigenvalue weighted by Gasteiger charge is 2.16. The van der Waals surface area contributed by atoms with Crippen LogP contribution in [0.4, 0.5) is 0 Å². The summed E-state index contributed by atoms with van der Waals surface area (Å²) in [6.07, 6.45) is 9.01.